The summed E-state index contributed by atoms with van der Waals surface area (Å²) in [5.41, 5.74) is 5.91. The summed E-state index contributed by atoms with van der Waals surface area (Å²) >= 11 is 0. The molecule has 0 rings (SSSR count). The van der Waals surface area contributed by atoms with Crippen molar-refractivity contribution < 1.29 is 10.2 Å². The van der Waals surface area contributed by atoms with Crippen LogP contribution in [-0.4, -0.2) is 29.0 Å². The van der Waals surface area contributed by atoms with E-state index >= 15 is 0 Å². The van der Waals surface area contributed by atoms with Crippen LogP contribution in [0.2, 0.25) is 0 Å². The van der Waals surface area contributed by atoms with Gasteiger partial charge in [-0.05, 0) is 25.2 Å². The van der Waals surface area contributed by atoms with Crippen molar-refractivity contribution in [3.8, 4) is 0 Å². The zero-order valence-electron chi connectivity index (χ0n) is 10.2. The highest BCUT2D eigenvalue weighted by Crippen LogP contribution is 2.29. The monoisotopic (exact) mass is 217 g/mol. The molecule has 0 aliphatic carbocycles. The van der Waals surface area contributed by atoms with E-state index in [0.29, 0.717) is 18.8 Å². The Hall–Kier alpha value is -0.120. The zero-order valence-corrected chi connectivity index (χ0v) is 10.2. The minimum Gasteiger partial charge on any atom is -0.396 e. The normalized spacial score (nSPS) is 14.2. The van der Waals surface area contributed by atoms with Gasteiger partial charge in [-0.25, -0.2) is 0 Å². The van der Waals surface area contributed by atoms with Gasteiger partial charge in [-0.15, -0.1) is 0 Å². The fourth-order valence-electron chi connectivity index (χ4n) is 2.30. The molecule has 3 nitrogen and oxygen atoms in total. The van der Waals surface area contributed by atoms with Crippen LogP contribution in [0.15, 0.2) is 0 Å². The Morgan fingerprint density at radius 2 is 1.67 bits per heavy atom. The van der Waals surface area contributed by atoms with Gasteiger partial charge in [0.2, 0.25) is 0 Å². The second-order valence-electron chi connectivity index (χ2n) is 4.43. The number of hydrogen-bond donors (Lipinski definition) is 3. The average Bonchev–Trinajstić information content (AvgIpc) is 2.19. The molecule has 1 atom stereocenters. The summed E-state index contributed by atoms with van der Waals surface area (Å²) in [6.07, 6.45) is 5.66. The van der Waals surface area contributed by atoms with Crippen LogP contribution in [0.3, 0.4) is 0 Å². The lowest BCUT2D eigenvalue weighted by Gasteiger charge is -2.36. The molecular weight excluding hydrogens is 190 g/mol. The molecule has 0 fully saturated rings. The molecule has 0 aromatic carbocycles. The van der Waals surface area contributed by atoms with Gasteiger partial charge < -0.3 is 15.9 Å². The van der Waals surface area contributed by atoms with Crippen LogP contribution in [-0.2, 0) is 0 Å². The first-order chi connectivity index (χ1) is 7.14. The minimum absolute atomic E-state index is 0.110. The molecule has 0 aromatic rings. The maximum absolute atomic E-state index is 9.04. The number of aliphatic hydroxyl groups excluding tert-OH is 2. The van der Waals surface area contributed by atoms with Gasteiger partial charge in [-0.2, -0.15) is 0 Å². The molecule has 3 heteroatoms. The molecule has 0 amide bonds. The summed E-state index contributed by atoms with van der Waals surface area (Å²) in [7, 11) is 0. The van der Waals surface area contributed by atoms with Crippen LogP contribution in [0, 0.1) is 5.92 Å². The Labute approximate surface area is 93.7 Å². The van der Waals surface area contributed by atoms with Gasteiger partial charge in [0.15, 0.2) is 0 Å². The van der Waals surface area contributed by atoms with Crippen molar-refractivity contribution in [3.63, 3.8) is 0 Å². The lowest BCUT2D eigenvalue weighted by Crippen LogP contribution is -2.48. The number of rotatable bonds is 9. The van der Waals surface area contributed by atoms with E-state index in [0.717, 1.165) is 12.8 Å². The molecule has 0 heterocycles. The van der Waals surface area contributed by atoms with Crippen LogP contribution in [0.25, 0.3) is 0 Å². The molecule has 0 bridgehead atoms. The molecule has 4 N–H and O–H groups in total. The SMILES string of the molecule is CCCCC(CC)C(N)(CCO)CCO. The summed E-state index contributed by atoms with van der Waals surface area (Å²) < 4.78 is 0. The highest BCUT2D eigenvalue weighted by atomic mass is 16.3. The molecule has 0 aliphatic rings. The van der Waals surface area contributed by atoms with Crippen LogP contribution in [0.1, 0.15) is 52.4 Å². The molecule has 0 spiro atoms. The quantitative estimate of drug-likeness (QED) is 0.550. The summed E-state index contributed by atoms with van der Waals surface area (Å²) in [4.78, 5) is 0. The molecule has 0 aliphatic heterocycles. The van der Waals surface area contributed by atoms with E-state index < -0.39 is 0 Å². The lowest BCUT2D eigenvalue weighted by molar-refractivity contribution is 0.135. The van der Waals surface area contributed by atoms with E-state index in [-0.39, 0.29) is 18.8 Å². The van der Waals surface area contributed by atoms with Crippen LogP contribution in [0.4, 0.5) is 0 Å². The third kappa shape index (κ3) is 4.96. The van der Waals surface area contributed by atoms with Gasteiger partial charge in [0.25, 0.3) is 0 Å². The molecule has 0 radical (unpaired) electrons. The summed E-state index contributed by atoms with van der Waals surface area (Å²) in [6, 6.07) is 0. The molecular formula is C12H27NO2. The van der Waals surface area contributed by atoms with Crippen molar-refractivity contribution in [2.75, 3.05) is 13.2 Å². The number of aliphatic hydroxyl groups is 2. The smallest absolute Gasteiger partial charge is 0.0448 e. The highest BCUT2D eigenvalue weighted by molar-refractivity contribution is 4.90. The van der Waals surface area contributed by atoms with Gasteiger partial charge in [0.05, 0.1) is 0 Å². The second-order valence-corrected chi connectivity index (χ2v) is 4.43. The van der Waals surface area contributed by atoms with Gasteiger partial charge in [0.1, 0.15) is 0 Å². The standard InChI is InChI=1S/C12H27NO2/c1-3-5-6-11(4-2)12(13,7-9-14)8-10-15/h11,14-15H,3-10,13H2,1-2H3. The average molecular weight is 217 g/mol. The molecule has 0 saturated heterocycles. The maximum atomic E-state index is 9.04. The Kier molecular flexibility index (Phi) is 8.02. The van der Waals surface area contributed by atoms with E-state index in [1.165, 1.54) is 12.8 Å². The number of nitrogens with two attached hydrogens (primary N) is 1. The van der Waals surface area contributed by atoms with Gasteiger partial charge in [0, 0.05) is 18.8 Å². The van der Waals surface area contributed by atoms with Gasteiger partial charge in [-0.3, -0.25) is 0 Å². The predicted octanol–water partition coefficient (Wildman–Crippen LogP) is 1.67. The van der Waals surface area contributed by atoms with Crippen molar-refractivity contribution in [1.29, 1.82) is 0 Å². The van der Waals surface area contributed by atoms with Crippen LogP contribution < -0.4 is 5.73 Å². The lowest BCUT2D eigenvalue weighted by atomic mass is 9.75. The zero-order chi connectivity index (χ0) is 11.7. The molecule has 15 heavy (non-hydrogen) atoms. The van der Waals surface area contributed by atoms with E-state index in [4.69, 9.17) is 15.9 Å². The number of hydrogen-bond acceptors (Lipinski definition) is 3. The molecule has 0 saturated carbocycles. The first-order valence-corrected chi connectivity index (χ1v) is 6.15. The topological polar surface area (TPSA) is 66.5 Å². The minimum atomic E-state index is -0.382. The van der Waals surface area contributed by atoms with Crippen molar-refractivity contribution >= 4 is 0 Å². The van der Waals surface area contributed by atoms with Gasteiger partial charge >= 0.3 is 0 Å². The van der Waals surface area contributed by atoms with Crippen LogP contribution in [0.5, 0.6) is 0 Å². The van der Waals surface area contributed by atoms with E-state index in [1.807, 2.05) is 0 Å². The Balaban J connectivity index is 4.37. The fraction of sp³-hybridized carbons (Fsp3) is 1.00. The van der Waals surface area contributed by atoms with Crippen LogP contribution >= 0.6 is 0 Å². The summed E-state index contributed by atoms with van der Waals surface area (Å²) in [5, 5.41) is 18.1. The second kappa shape index (κ2) is 8.08. The summed E-state index contributed by atoms with van der Waals surface area (Å²) in [6.45, 7) is 4.53. The largest absolute Gasteiger partial charge is 0.396 e. The fourth-order valence-corrected chi connectivity index (χ4v) is 2.30. The first kappa shape index (κ1) is 14.9. The Morgan fingerprint density at radius 3 is 2.00 bits per heavy atom. The Bertz CT molecular complexity index is 145. The van der Waals surface area contributed by atoms with Crippen molar-refractivity contribution in [3.05, 3.63) is 0 Å². The van der Waals surface area contributed by atoms with E-state index in [2.05, 4.69) is 13.8 Å². The third-order valence-corrected chi connectivity index (χ3v) is 3.37. The third-order valence-electron chi connectivity index (χ3n) is 3.37. The molecule has 92 valence electrons. The van der Waals surface area contributed by atoms with Crippen molar-refractivity contribution in [2.45, 2.75) is 57.9 Å². The Morgan fingerprint density at radius 1 is 1.13 bits per heavy atom. The predicted molar refractivity (Wildman–Crippen MR) is 63.6 cm³/mol. The molecule has 0 aromatic heterocycles. The van der Waals surface area contributed by atoms with E-state index in [1.54, 1.807) is 0 Å². The van der Waals surface area contributed by atoms with Crippen molar-refractivity contribution in [2.24, 2.45) is 11.7 Å². The summed E-state index contributed by atoms with van der Waals surface area (Å²) in [5.74, 6) is 0.414. The number of unbranched alkanes of at least 4 members (excludes halogenated alkanes) is 1. The highest BCUT2D eigenvalue weighted by Gasteiger charge is 2.32. The first-order valence-electron chi connectivity index (χ1n) is 6.15. The van der Waals surface area contributed by atoms with Gasteiger partial charge in [-0.1, -0.05) is 33.1 Å². The maximum Gasteiger partial charge on any atom is 0.0448 e. The van der Waals surface area contributed by atoms with Crippen molar-refractivity contribution in [1.82, 2.24) is 0 Å². The molecule has 1 unspecified atom stereocenters. The van der Waals surface area contributed by atoms with E-state index in [9.17, 15) is 0 Å².